The standard InChI is InChI=1S/C17H19ClN4O/c1-12-9-21(2)11-16(23)22(12)10-13-4-3-5-14(8-13)15-6-7-19-17(18)20-15/h3-8,12H,9-11H2,1-2H3. The summed E-state index contributed by atoms with van der Waals surface area (Å²) in [7, 11) is 1.98. The van der Waals surface area contributed by atoms with Gasteiger partial charge in [0.25, 0.3) is 0 Å². The van der Waals surface area contributed by atoms with Gasteiger partial charge in [0.15, 0.2) is 0 Å². The molecule has 1 saturated heterocycles. The summed E-state index contributed by atoms with van der Waals surface area (Å²) < 4.78 is 0. The van der Waals surface area contributed by atoms with Crippen molar-refractivity contribution >= 4 is 17.5 Å². The van der Waals surface area contributed by atoms with Gasteiger partial charge >= 0.3 is 0 Å². The number of carbonyl (C=O) groups is 1. The molecule has 1 aliphatic rings. The third-order valence-corrected chi connectivity index (χ3v) is 4.22. The van der Waals surface area contributed by atoms with E-state index in [1.54, 1.807) is 6.20 Å². The Morgan fingerprint density at radius 3 is 2.91 bits per heavy atom. The van der Waals surface area contributed by atoms with Gasteiger partial charge < -0.3 is 4.90 Å². The van der Waals surface area contributed by atoms with Crippen LogP contribution in [-0.4, -0.2) is 51.9 Å². The Morgan fingerprint density at radius 1 is 1.35 bits per heavy atom. The lowest BCUT2D eigenvalue weighted by Gasteiger charge is -2.38. The van der Waals surface area contributed by atoms with Crippen molar-refractivity contribution in [2.45, 2.75) is 19.5 Å². The number of likely N-dealkylation sites (N-methyl/N-ethyl adjacent to an activating group) is 1. The zero-order valence-corrected chi connectivity index (χ0v) is 14.0. The van der Waals surface area contributed by atoms with Crippen molar-refractivity contribution in [2.75, 3.05) is 20.1 Å². The summed E-state index contributed by atoms with van der Waals surface area (Å²) in [4.78, 5) is 24.4. The summed E-state index contributed by atoms with van der Waals surface area (Å²) in [6, 6.07) is 10.1. The molecule has 0 N–H and O–H groups in total. The van der Waals surface area contributed by atoms with Gasteiger partial charge in [-0.3, -0.25) is 9.69 Å². The molecule has 6 heteroatoms. The molecule has 120 valence electrons. The molecule has 2 heterocycles. The molecular weight excluding hydrogens is 312 g/mol. The number of carbonyl (C=O) groups excluding carboxylic acids is 1. The minimum atomic E-state index is 0.168. The van der Waals surface area contributed by atoms with E-state index in [1.807, 2.05) is 36.2 Å². The van der Waals surface area contributed by atoms with Crippen LogP contribution in [0.25, 0.3) is 11.3 Å². The summed E-state index contributed by atoms with van der Waals surface area (Å²) in [5, 5.41) is 0.232. The first-order valence-electron chi connectivity index (χ1n) is 7.59. The van der Waals surface area contributed by atoms with Crippen LogP contribution in [-0.2, 0) is 11.3 Å². The number of rotatable bonds is 3. The molecule has 1 aromatic heterocycles. The van der Waals surface area contributed by atoms with E-state index in [-0.39, 0.29) is 17.2 Å². The Bertz CT molecular complexity index is 721. The number of piperazine rings is 1. The second kappa shape index (κ2) is 6.64. The van der Waals surface area contributed by atoms with Crippen molar-refractivity contribution in [1.29, 1.82) is 0 Å². The third kappa shape index (κ3) is 3.68. The summed E-state index contributed by atoms with van der Waals surface area (Å²) in [6.45, 7) is 4.07. The number of amides is 1. The summed E-state index contributed by atoms with van der Waals surface area (Å²) in [5.41, 5.74) is 2.84. The smallest absolute Gasteiger partial charge is 0.237 e. The van der Waals surface area contributed by atoms with Crippen molar-refractivity contribution in [3.05, 3.63) is 47.4 Å². The van der Waals surface area contributed by atoms with Crippen LogP contribution in [0.4, 0.5) is 0 Å². The Balaban J connectivity index is 1.82. The average Bonchev–Trinajstić information content (AvgIpc) is 2.51. The number of aromatic nitrogens is 2. The van der Waals surface area contributed by atoms with Crippen molar-refractivity contribution in [1.82, 2.24) is 19.8 Å². The Kier molecular flexibility index (Phi) is 4.59. The number of halogens is 1. The maximum atomic E-state index is 12.3. The van der Waals surface area contributed by atoms with Gasteiger partial charge in [-0.2, -0.15) is 0 Å². The lowest BCUT2D eigenvalue weighted by molar-refractivity contribution is -0.139. The summed E-state index contributed by atoms with van der Waals surface area (Å²) in [5.74, 6) is 0.168. The molecule has 0 spiro atoms. The Morgan fingerprint density at radius 2 is 2.17 bits per heavy atom. The fourth-order valence-electron chi connectivity index (χ4n) is 2.95. The van der Waals surface area contributed by atoms with E-state index in [1.165, 1.54) is 0 Å². The molecule has 1 aromatic carbocycles. The maximum Gasteiger partial charge on any atom is 0.237 e. The van der Waals surface area contributed by atoms with Gasteiger partial charge in [0.2, 0.25) is 11.2 Å². The first kappa shape index (κ1) is 15.9. The maximum absolute atomic E-state index is 12.3. The predicted molar refractivity (Wildman–Crippen MR) is 90.0 cm³/mol. The highest BCUT2D eigenvalue weighted by Crippen LogP contribution is 2.21. The van der Waals surface area contributed by atoms with Crippen LogP contribution in [0.15, 0.2) is 36.5 Å². The highest BCUT2D eigenvalue weighted by atomic mass is 35.5. The van der Waals surface area contributed by atoms with E-state index in [4.69, 9.17) is 11.6 Å². The van der Waals surface area contributed by atoms with Crippen molar-refractivity contribution in [3.63, 3.8) is 0 Å². The largest absolute Gasteiger partial charge is 0.333 e. The third-order valence-electron chi connectivity index (χ3n) is 4.04. The average molecular weight is 331 g/mol. The van der Waals surface area contributed by atoms with Gasteiger partial charge in [-0.25, -0.2) is 9.97 Å². The number of hydrogen-bond donors (Lipinski definition) is 0. The molecule has 23 heavy (non-hydrogen) atoms. The summed E-state index contributed by atoms with van der Waals surface area (Å²) in [6.07, 6.45) is 1.64. The van der Waals surface area contributed by atoms with E-state index in [0.29, 0.717) is 13.1 Å². The minimum Gasteiger partial charge on any atom is -0.333 e. The molecule has 1 fully saturated rings. The second-order valence-corrected chi connectivity index (χ2v) is 6.32. The quantitative estimate of drug-likeness (QED) is 0.811. The van der Waals surface area contributed by atoms with Crippen LogP contribution in [0.2, 0.25) is 5.28 Å². The van der Waals surface area contributed by atoms with Crippen molar-refractivity contribution < 1.29 is 4.79 Å². The molecule has 1 unspecified atom stereocenters. The molecule has 2 aromatic rings. The van der Waals surface area contributed by atoms with E-state index in [0.717, 1.165) is 23.4 Å². The topological polar surface area (TPSA) is 49.3 Å². The van der Waals surface area contributed by atoms with Crippen LogP contribution in [0.1, 0.15) is 12.5 Å². The van der Waals surface area contributed by atoms with Crippen LogP contribution in [0.3, 0.4) is 0 Å². The van der Waals surface area contributed by atoms with Crippen molar-refractivity contribution in [2.24, 2.45) is 0 Å². The van der Waals surface area contributed by atoms with Gasteiger partial charge in [-0.1, -0.05) is 18.2 Å². The normalized spacial score (nSPS) is 19.2. The van der Waals surface area contributed by atoms with E-state index in [2.05, 4.69) is 27.9 Å². The van der Waals surface area contributed by atoms with Gasteiger partial charge in [0.05, 0.1) is 12.2 Å². The first-order valence-corrected chi connectivity index (χ1v) is 7.96. The summed E-state index contributed by atoms with van der Waals surface area (Å²) >= 11 is 5.86. The molecule has 1 aliphatic heterocycles. The molecule has 1 atom stereocenters. The monoisotopic (exact) mass is 330 g/mol. The molecule has 0 aliphatic carbocycles. The van der Waals surface area contributed by atoms with Crippen LogP contribution in [0, 0.1) is 0 Å². The highest BCUT2D eigenvalue weighted by molar-refractivity contribution is 6.28. The molecule has 0 radical (unpaired) electrons. The fraction of sp³-hybridized carbons (Fsp3) is 0.353. The predicted octanol–water partition coefficient (Wildman–Crippen LogP) is 2.46. The van der Waals surface area contributed by atoms with Crippen LogP contribution >= 0.6 is 11.6 Å². The highest BCUT2D eigenvalue weighted by Gasteiger charge is 2.27. The van der Waals surface area contributed by atoms with Gasteiger partial charge in [-0.15, -0.1) is 0 Å². The fourth-order valence-corrected chi connectivity index (χ4v) is 3.09. The molecule has 1 amide bonds. The molecule has 3 rings (SSSR count). The zero-order chi connectivity index (χ0) is 16.4. The first-order chi connectivity index (χ1) is 11.0. The van der Waals surface area contributed by atoms with Gasteiger partial charge in [-0.05, 0) is 43.3 Å². The number of hydrogen-bond acceptors (Lipinski definition) is 4. The number of nitrogens with zero attached hydrogens (tertiary/aromatic N) is 4. The Hall–Kier alpha value is -1.98. The van der Waals surface area contributed by atoms with Crippen molar-refractivity contribution in [3.8, 4) is 11.3 Å². The van der Waals surface area contributed by atoms with E-state index in [9.17, 15) is 4.79 Å². The SMILES string of the molecule is CC1CN(C)CC(=O)N1Cc1cccc(-c2ccnc(Cl)n2)c1. The van der Waals surface area contributed by atoms with Crippen LogP contribution in [0.5, 0.6) is 0 Å². The van der Waals surface area contributed by atoms with E-state index < -0.39 is 0 Å². The lowest BCUT2D eigenvalue weighted by atomic mass is 10.1. The zero-order valence-electron chi connectivity index (χ0n) is 13.2. The molecule has 0 bridgehead atoms. The van der Waals surface area contributed by atoms with Gasteiger partial charge in [0, 0.05) is 30.9 Å². The van der Waals surface area contributed by atoms with Crippen LogP contribution < -0.4 is 0 Å². The van der Waals surface area contributed by atoms with E-state index >= 15 is 0 Å². The second-order valence-electron chi connectivity index (χ2n) is 5.98. The number of benzene rings is 1. The minimum absolute atomic E-state index is 0.168. The molecule has 5 nitrogen and oxygen atoms in total. The lowest BCUT2D eigenvalue weighted by Crippen LogP contribution is -2.53. The molecule has 0 saturated carbocycles. The Labute approximate surface area is 140 Å². The van der Waals surface area contributed by atoms with Gasteiger partial charge in [0.1, 0.15) is 0 Å². The molecular formula is C17H19ClN4O.